The topological polar surface area (TPSA) is 65.4 Å². The second-order valence-corrected chi connectivity index (χ2v) is 5.45. The second kappa shape index (κ2) is 6.26. The third kappa shape index (κ3) is 2.95. The van der Waals surface area contributed by atoms with Crippen molar-refractivity contribution in [3.8, 4) is 0 Å². The van der Waals surface area contributed by atoms with Crippen LogP contribution in [0.15, 0.2) is 17.6 Å². The Hall–Kier alpha value is -1.56. The lowest BCUT2D eigenvalue weighted by Gasteiger charge is -2.31. The molecule has 0 spiro atoms. The van der Waals surface area contributed by atoms with Crippen molar-refractivity contribution in [3.05, 3.63) is 12.7 Å². The number of hydrogen-bond donors (Lipinski definition) is 1. The summed E-state index contributed by atoms with van der Waals surface area (Å²) in [6.07, 6.45) is 1.12. The van der Waals surface area contributed by atoms with E-state index in [1.807, 2.05) is 0 Å². The van der Waals surface area contributed by atoms with E-state index in [1.54, 1.807) is 4.90 Å². The summed E-state index contributed by atoms with van der Waals surface area (Å²) in [5.41, 5.74) is 0. The molecular formula is C14H23N3O3. The van der Waals surface area contributed by atoms with E-state index in [1.165, 1.54) is 6.08 Å². The average molecular weight is 281 g/mol. The smallest absolute Gasteiger partial charge is 0.410 e. The van der Waals surface area contributed by atoms with Gasteiger partial charge < -0.3 is 14.7 Å². The molecule has 0 aromatic heterocycles. The molecular weight excluding hydrogens is 258 g/mol. The third-order valence-electron chi connectivity index (χ3n) is 3.67. The zero-order valence-electron chi connectivity index (χ0n) is 12.2. The molecule has 1 fully saturated rings. The number of aliphatic hydroxyl groups excluding tert-OH is 1. The van der Waals surface area contributed by atoms with Crippen LogP contribution in [0.1, 0.15) is 20.3 Å². The predicted octanol–water partition coefficient (Wildman–Crippen LogP) is 0.867. The highest BCUT2D eigenvalue weighted by atomic mass is 16.6. The molecule has 0 aromatic rings. The van der Waals surface area contributed by atoms with Gasteiger partial charge >= 0.3 is 6.09 Å². The van der Waals surface area contributed by atoms with Crippen LogP contribution < -0.4 is 0 Å². The van der Waals surface area contributed by atoms with Crippen LogP contribution in [0.3, 0.4) is 0 Å². The first kappa shape index (κ1) is 14.8. The zero-order chi connectivity index (χ0) is 14.7. The molecule has 2 rings (SSSR count). The summed E-state index contributed by atoms with van der Waals surface area (Å²) in [4.78, 5) is 20.4. The van der Waals surface area contributed by atoms with Gasteiger partial charge in [-0.1, -0.05) is 12.7 Å². The summed E-state index contributed by atoms with van der Waals surface area (Å²) in [6.45, 7) is 9.83. The molecule has 2 aliphatic rings. The van der Waals surface area contributed by atoms with Crippen LogP contribution in [0.5, 0.6) is 0 Å². The zero-order valence-corrected chi connectivity index (χ0v) is 12.2. The van der Waals surface area contributed by atoms with Gasteiger partial charge in [0, 0.05) is 19.0 Å². The predicted molar refractivity (Wildman–Crippen MR) is 76.8 cm³/mol. The Labute approximate surface area is 119 Å². The third-order valence-corrected chi connectivity index (χ3v) is 3.67. The van der Waals surface area contributed by atoms with Crippen LogP contribution in [0.2, 0.25) is 0 Å². The maximum Gasteiger partial charge on any atom is 0.410 e. The van der Waals surface area contributed by atoms with Crippen LogP contribution in [-0.4, -0.2) is 71.3 Å². The van der Waals surface area contributed by atoms with Gasteiger partial charge in [-0.25, -0.2) is 4.79 Å². The molecule has 0 radical (unpaired) electrons. The maximum absolute atomic E-state index is 12.1. The molecule has 0 saturated carbocycles. The molecule has 1 amide bonds. The van der Waals surface area contributed by atoms with E-state index in [0.29, 0.717) is 19.0 Å². The van der Waals surface area contributed by atoms with Gasteiger partial charge in [0.05, 0.1) is 25.2 Å². The number of ether oxygens (including phenoxy) is 1. The number of rotatable bonds is 4. The lowest BCUT2D eigenvalue weighted by Crippen LogP contribution is -2.48. The van der Waals surface area contributed by atoms with E-state index in [4.69, 9.17) is 4.74 Å². The van der Waals surface area contributed by atoms with Crippen LogP contribution in [-0.2, 0) is 4.74 Å². The van der Waals surface area contributed by atoms with Gasteiger partial charge in [0.1, 0.15) is 12.4 Å². The van der Waals surface area contributed by atoms with E-state index in [2.05, 4.69) is 30.3 Å². The number of amidine groups is 1. The number of β-amino-alcohol motifs (C(OH)–C–C–N with tert-alkyl or cyclic N) is 1. The van der Waals surface area contributed by atoms with Crippen LogP contribution in [0, 0.1) is 0 Å². The monoisotopic (exact) mass is 281 g/mol. The highest BCUT2D eigenvalue weighted by molar-refractivity contribution is 5.92. The van der Waals surface area contributed by atoms with E-state index in [9.17, 15) is 9.90 Å². The molecule has 2 atom stereocenters. The van der Waals surface area contributed by atoms with Crippen molar-refractivity contribution in [2.75, 3.05) is 26.2 Å². The molecule has 2 unspecified atom stereocenters. The van der Waals surface area contributed by atoms with Crippen molar-refractivity contribution in [1.29, 1.82) is 0 Å². The fourth-order valence-corrected chi connectivity index (χ4v) is 2.77. The van der Waals surface area contributed by atoms with Gasteiger partial charge in [-0.15, -0.1) is 0 Å². The molecule has 2 heterocycles. The Kier molecular flexibility index (Phi) is 4.65. The van der Waals surface area contributed by atoms with E-state index in [-0.39, 0.29) is 12.6 Å². The van der Waals surface area contributed by atoms with Crippen molar-refractivity contribution >= 4 is 11.9 Å². The minimum atomic E-state index is -0.520. The fraction of sp³-hybridized carbons (Fsp3) is 0.714. The van der Waals surface area contributed by atoms with Crippen molar-refractivity contribution in [2.24, 2.45) is 4.99 Å². The summed E-state index contributed by atoms with van der Waals surface area (Å²) in [7, 11) is 0. The van der Waals surface area contributed by atoms with E-state index in [0.717, 1.165) is 18.9 Å². The van der Waals surface area contributed by atoms with Gasteiger partial charge in [-0.2, -0.15) is 0 Å². The van der Waals surface area contributed by atoms with Crippen LogP contribution in [0.25, 0.3) is 0 Å². The Morgan fingerprint density at radius 2 is 2.40 bits per heavy atom. The van der Waals surface area contributed by atoms with Gasteiger partial charge in [0.25, 0.3) is 0 Å². The molecule has 20 heavy (non-hydrogen) atoms. The second-order valence-electron chi connectivity index (χ2n) is 5.45. The first-order chi connectivity index (χ1) is 9.54. The van der Waals surface area contributed by atoms with Gasteiger partial charge in [0.15, 0.2) is 0 Å². The molecule has 1 N–H and O–H groups in total. The molecule has 112 valence electrons. The first-order valence-corrected chi connectivity index (χ1v) is 7.08. The minimum absolute atomic E-state index is 0.179. The van der Waals surface area contributed by atoms with Gasteiger partial charge in [0.2, 0.25) is 0 Å². The van der Waals surface area contributed by atoms with Crippen molar-refractivity contribution in [3.63, 3.8) is 0 Å². The van der Waals surface area contributed by atoms with Crippen LogP contribution in [0.4, 0.5) is 4.79 Å². The molecule has 0 bridgehead atoms. The Morgan fingerprint density at radius 1 is 1.65 bits per heavy atom. The summed E-state index contributed by atoms with van der Waals surface area (Å²) >= 11 is 0. The lowest BCUT2D eigenvalue weighted by molar-refractivity contribution is 0.107. The lowest BCUT2D eigenvalue weighted by atomic mass is 10.1. The molecule has 0 aliphatic carbocycles. The van der Waals surface area contributed by atoms with Crippen LogP contribution >= 0.6 is 0 Å². The number of carbonyl (C=O) groups excluding carboxylic acids is 1. The summed E-state index contributed by atoms with van der Waals surface area (Å²) in [6, 6.07) is 0.146. The molecule has 6 heteroatoms. The van der Waals surface area contributed by atoms with Gasteiger partial charge in [-0.05, 0) is 13.8 Å². The number of carbonyl (C=O) groups is 1. The van der Waals surface area contributed by atoms with Gasteiger partial charge in [-0.3, -0.25) is 9.89 Å². The Bertz CT molecular complexity index is 408. The fourth-order valence-electron chi connectivity index (χ4n) is 2.77. The number of nitrogens with zero attached hydrogens (tertiary/aromatic N) is 3. The van der Waals surface area contributed by atoms with E-state index < -0.39 is 12.2 Å². The Balaban J connectivity index is 2.12. The quantitative estimate of drug-likeness (QED) is 0.776. The van der Waals surface area contributed by atoms with Crippen molar-refractivity contribution < 1.29 is 14.6 Å². The molecule has 2 aliphatic heterocycles. The first-order valence-electron chi connectivity index (χ1n) is 7.08. The maximum atomic E-state index is 12.1. The average Bonchev–Trinajstić information content (AvgIpc) is 3.01. The van der Waals surface area contributed by atoms with E-state index >= 15 is 0 Å². The highest BCUT2D eigenvalue weighted by Crippen LogP contribution is 2.24. The summed E-state index contributed by atoms with van der Waals surface area (Å²) in [5, 5.41) is 9.89. The van der Waals surface area contributed by atoms with Crippen molar-refractivity contribution in [1.82, 2.24) is 9.80 Å². The largest absolute Gasteiger partial charge is 0.445 e. The Morgan fingerprint density at radius 3 is 3.05 bits per heavy atom. The number of likely N-dealkylation sites (tertiary alicyclic amines) is 1. The number of hydrogen-bond acceptors (Lipinski definition) is 5. The number of aliphatic imine (C=N–C) groups is 1. The minimum Gasteiger partial charge on any atom is -0.445 e. The summed E-state index contributed by atoms with van der Waals surface area (Å²) < 4.78 is 5.09. The normalized spacial score (nSPS) is 26.1. The molecule has 0 aromatic carbocycles. The SMILES string of the molecule is C=CCOC(=O)N1CC(O)CC1C1=NCCN1C(C)C. The number of amides is 1. The number of aliphatic hydroxyl groups is 1. The highest BCUT2D eigenvalue weighted by Gasteiger charge is 2.41. The molecule has 1 saturated heterocycles. The van der Waals surface area contributed by atoms with Crippen molar-refractivity contribution in [2.45, 2.75) is 38.5 Å². The molecule has 6 nitrogen and oxygen atoms in total. The standard InChI is InChI=1S/C14H23N3O3/c1-4-7-20-14(19)17-9-11(18)8-12(17)13-15-5-6-16(13)10(2)3/h4,10-12,18H,1,5-9H2,2-3H3. The summed E-state index contributed by atoms with van der Waals surface area (Å²) in [5.74, 6) is 0.895.